The van der Waals surface area contributed by atoms with E-state index in [1.54, 1.807) is 30.3 Å². The molecule has 0 aliphatic carbocycles. The van der Waals surface area contributed by atoms with E-state index in [1.807, 2.05) is 26.8 Å². The van der Waals surface area contributed by atoms with Crippen LogP contribution in [0.2, 0.25) is 0 Å². The number of ether oxygens (including phenoxy) is 1. The topological polar surface area (TPSA) is 63.7 Å². The van der Waals surface area contributed by atoms with Crippen molar-refractivity contribution in [2.24, 2.45) is 5.41 Å². The summed E-state index contributed by atoms with van der Waals surface area (Å²) in [6, 6.07) is 5.68. The van der Waals surface area contributed by atoms with Crippen LogP contribution < -0.4 is 0 Å². The molecule has 0 unspecified atom stereocenters. The highest BCUT2D eigenvalue weighted by Gasteiger charge is 2.62. The molecule has 0 spiro atoms. The number of rotatable bonds is 1. The molecule has 6 heteroatoms. The molecule has 130 valence electrons. The number of carbonyl (C=O) groups is 3. The van der Waals surface area contributed by atoms with Gasteiger partial charge >= 0.3 is 0 Å². The molecule has 1 fully saturated rings. The van der Waals surface area contributed by atoms with Crippen molar-refractivity contribution in [3.8, 4) is 0 Å². The van der Waals surface area contributed by atoms with Crippen LogP contribution in [0.4, 0.5) is 0 Å². The lowest BCUT2D eigenvalue weighted by Crippen LogP contribution is -2.65. The third kappa shape index (κ3) is 2.01. The van der Waals surface area contributed by atoms with Crippen LogP contribution in [-0.4, -0.2) is 45.1 Å². The van der Waals surface area contributed by atoms with Gasteiger partial charge in [-0.1, -0.05) is 61.0 Å². The van der Waals surface area contributed by atoms with Crippen LogP contribution in [0.15, 0.2) is 36.4 Å². The highest BCUT2D eigenvalue weighted by molar-refractivity contribution is 9.10. The minimum absolute atomic E-state index is 0.203. The van der Waals surface area contributed by atoms with Crippen molar-refractivity contribution in [2.75, 3.05) is 0 Å². The zero-order valence-electron chi connectivity index (χ0n) is 14.2. The minimum atomic E-state index is -0.953. The predicted octanol–water partition coefficient (Wildman–Crippen LogP) is 2.74. The summed E-state index contributed by atoms with van der Waals surface area (Å²) in [4.78, 5) is 39.1. The van der Waals surface area contributed by atoms with Crippen molar-refractivity contribution in [1.82, 2.24) is 4.90 Å². The molecule has 5 nitrogen and oxygen atoms in total. The maximum atomic E-state index is 13.2. The molecule has 4 rings (SSSR count). The number of amides is 2. The summed E-state index contributed by atoms with van der Waals surface area (Å²) in [6.45, 7) is 6.01. The van der Waals surface area contributed by atoms with Gasteiger partial charge in [-0.25, -0.2) is 0 Å². The first-order chi connectivity index (χ1) is 11.7. The van der Waals surface area contributed by atoms with Crippen LogP contribution in [0.25, 0.3) is 0 Å². The zero-order chi connectivity index (χ0) is 18.1. The zero-order valence-corrected chi connectivity index (χ0v) is 15.7. The third-order valence-corrected chi connectivity index (χ3v) is 6.50. The predicted molar refractivity (Wildman–Crippen MR) is 94.7 cm³/mol. The fraction of sp³-hybridized carbons (Fsp3) is 0.421. The molecule has 2 bridgehead atoms. The summed E-state index contributed by atoms with van der Waals surface area (Å²) in [5.74, 6) is -1.08. The van der Waals surface area contributed by atoms with Crippen LogP contribution in [0.1, 0.15) is 41.5 Å². The molecular weight excluding hydrogens is 386 g/mol. The third-order valence-electron chi connectivity index (χ3n) is 5.37. The van der Waals surface area contributed by atoms with E-state index in [0.29, 0.717) is 11.1 Å². The largest absolute Gasteiger partial charge is 0.359 e. The Labute approximate surface area is 154 Å². The van der Waals surface area contributed by atoms with Crippen LogP contribution in [0, 0.1) is 5.41 Å². The van der Waals surface area contributed by atoms with Crippen molar-refractivity contribution in [1.29, 1.82) is 0 Å². The average Bonchev–Trinajstić information content (AvgIpc) is 3.08. The summed E-state index contributed by atoms with van der Waals surface area (Å²) in [5, 5.41) is 0. The molecule has 1 aromatic carbocycles. The first-order valence-corrected chi connectivity index (χ1v) is 9.12. The van der Waals surface area contributed by atoms with Crippen LogP contribution >= 0.6 is 15.9 Å². The Balaban J connectivity index is 1.75. The van der Waals surface area contributed by atoms with Crippen molar-refractivity contribution in [3.05, 3.63) is 47.5 Å². The number of fused-ring (bicyclic) bond motifs is 3. The maximum Gasteiger partial charge on any atom is 0.262 e. The molecule has 2 amide bonds. The maximum absolute atomic E-state index is 13.2. The number of carbonyl (C=O) groups excluding carboxylic acids is 3. The van der Waals surface area contributed by atoms with Gasteiger partial charge in [-0.3, -0.25) is 19.3 Å². The smallest absolute Gasteiger partial charge is 0.262 e. The normalized spacial score (nSPS) is 34.0. The van der Waals surface area contributed by atoms with E-state index in [0.717, 1.165) is 4.90 Å². The van der Waals surface area contributed by atoms with Crippen molar-refractivity contribution >= 4 is 33.5 Å². The quantitative estimate of drug-likeness (QED) is 0.410. The number of Topliss-reactive ketones (excluding diaryl/α,β-unsaturated/α-hetero) is 1. The highest BCUT2D eigenvalue weighted by atomic mass is 79.9. The molecule has 25 heavy (non-hydrogen) atoms. The first kappa shape index (κ1) is 16.7. The summed E-state index contributed by atoms with van der Waals surface area (Å²) < 4.78 is 6.23. The monoisotopic (exact) mass is 403 g/mol. The van der Waals surface area contributed by atoms with Crippen molar-refractivity contribution in [2.45, 2.75) is 43.3 Å². The van der Waals surface area contributed by atoms with Gasteiger partial charge in [-0.05, 0) is 17.5 Å². The van der Waals surface area contributed by atoms with Gasteiger partial charge < -0.3 is 4.74 Å². The fourth-order valence-electron chi connectivity index (χ4n) is 3.92. The van der Waals surface area contributed by atoms with Gasteiger partial charge in [0.25, 0.3) is 11.8 Å². The van der Waals surface area contributed by atoms with Gasteiger partial charge in [0.05, 0.1) is 11.1 Å². The molecule has 0 saturated carbocycles. The van der Waals surface area contributed by atoms with Crippen LogP contribution in [-0.2, 0) is 9.53 Å². The van der Waals surface area contributed by atoms with E-state index < -0.39 is 34.4 Å². The van der Waals surface area contributed by atoms with E-state index >= 15 is 0 Å². The molecule has 3 aliphatic heterocycles. The number of halogens is 1. The van der Waals surface area contributed by atoms with Crippen LogP contribution in [0.5, 0.6) is 0 Å². The molecule has 4 atom stereocenters. The molecular formula is C19H18BrNO4. The number of nitrogens with zero attached hydrogens (tertiary/aromatic N) is 1. The molecule has 0 N–H and O–H groups in total. The summed E-state index contributed by atoms with van der Waals surface area (Å²) in [6.07, 6.45) is 3.08. The molecule has 3 aliphatic rings. The van der Waals surface area contributed by atoms with E-state index in [2.05, 4.69) is 15.9 Å². The lowest BCUT2D eigenvalue weighted by molar-refractivity contribution is -0.159. The number of hydrogen-bond acceptors (Lipinski definition) is 4. The van der Waals surface area contributed by atoms with Gasteiger partial charge in [0.2, 0.25) is 0 Å². The highest BCUT2D eigenvalue weighted by Crippen LogP contribution is 2.50. The van der Waals surface area contributed by atoms with Gasteiger partial charge in [-0.2, -0.15) is 0 Å². The second kappa shape index (κ2) is 5.11. The van der Waals surface area contributed by atoms with E-state index in [1.165, 1.54) is 0 Å². The Morgan fingerprint density at radius 1 is 1.08 bits per heavy atom. The number of benzene rings is 1. The SMILES string of the molecule is CC(C)(C)[C@]12C=C[C@H](O1)[C@@H](N1C(=O)c3ccccc3C1=O)C(=O)[C@H]2Br. The van der Waals surface area contributed by atoms with Crippen molar-refractivity contribution in [3.63, 3.8) is 0 Å². The standard InChI is InChI=1S/C19H18BrNO4/c1-18(2,3)19-9-8-12(25-19)13(14(22)15(19)20)21-16(23)10-6-4-5-7-11(10)17(21)24/h4-9,12-13,15H,1-3H3/t12-,13+,15+,19+/m0/s1. The second-order valence-electron chi connectivity index (χ2n) is 7.72. The fourth-order valence-corrected chi connectivity index (χ4v) is 5.14. The number of alkyl halides is 1. The Hall–Kier alpha value is -1.79. The van der Waals surface area contributed by atoms with E-state index in [-0.39, 0.29) is 11.2 Å². The summed E-state index contributed by atoms with van der Waals surface area (Å²) in [5.41, 5.74) is -0.444. The van der Waals surface area contributed by atoms with E-state index in [4.69, 9.17) is 4.74 Å². The molecule has 1 aromatic rings. The van der Waals surface area contributed by atoms with E-state index in [9.17, 15) is 14.4 Å². The Bertz CT molecular complexity index is 805. The lowest BCUT2D eigenvalue weighted by atomic mass is 9.72. The van der Waals surface area contributed by atoms with Gasteiger partial charge in [-0.15, -0.1) is 0 Å². The molecule has 0 radical (unpaired) electrons. The lowest BCUT2D eigenvalue weighted by Gasteiger charge is -2.49. The first-order valence-electron chi connectivity index (χ1n) is 8.21. The Morgan fingerprint density at radius 3 is 2.16 bits per heavy atom. The second-order valence-corrected chi connectivity index (χ2v) is 8.64. The average molecular weight is 404 g/mol. The molecule has 1 saturated heterocycles. The summed E-state index contributed by atoms with van der Waals surface area (Å²) >= 11 is 3.49. The van der Waals surface area contributed by atoms with Gasteiger partial charge in [0.15, 0.2) is 5.78 Å². The number of ketones is 1. The van der Waals surface area contributed by atoms with Crippen LogP contribution in [0.3, 0.4) is 0 Å². The minimum Gasteiger partial charge on any atom is -0.359 e. The number of imide groups is 1. The van der Waals surface area contributed by atoms with Crippen molar-refractivity contribution < 1.29 is 19.1 Å². The van der Waals surface area contributed by atoms with Gasteiger partial charge in [0.1, 0.15) is 22.6 Å². The number of hydrogen-bond donors (Lipinski definition) is 0. The summed E-state index contributed by atoms with van der Waals surface area (Å²) in [7, 11) is 0. The van der Waals surface area contributed by atoms with Gasteiger partial charge in [0, 0.05) is 0 Å². The Morgan fingerprint density at radius 2 is 1.64 bits per heavy atom. The Kier molecular flexibility index (Phi) is 3.41. The molecule has 3 heterocycles. The molecule has 0 aromatic heterocycles.